The van der Waals surface area contributed by atoms with Crippen LogP contribution in [0.25, 0.3) is 0 Å². The molecule has 0 aromatic heterocycles. The van der Waals surface area contributed by atoms with Crippen molar-refractivity contribution in [1.82, 2.24) is 14.5 Å². The van der Waals surface area contributed by atoms with Crippen molar-refractivity contribution in [3.8, 4) is 0 Å². The first kappa shape index (κ1) is 18.8. The molecule has 2 heterocycles. The highest BCUT2D eigenvalue weighted by Gasteiger charge is 2.39. The van der Waals surface area contributed by atoms with Gasteiger partial charge in [0.05, 0.1) is 16.9 Å². The minimum atomic E-state index is -3.75. The van der Waals surface area contributed by atoms with Gasteiger partial charge in [0.25, 0.3) is 0 Å². The van der Waals surface area contributed by atoms with Gasteiger partial charge in [-0.15, -0.1) is 0 Å². The molecule has 1 aromatic rings. The second-order valence-corrected chi connectivity index (χ2v) is 8.73. The summed E-state index contributed by atoms with van der Waals surface area (Å²) in [7, 11) is -3.75. The second kappa shape index (κ2) is 7.32. The minimum absolute atomic E-state index is 0.0286. The molecule has 9 heteroatoms. The first-order chi connectivity index (χ1) is 12.3. The largest absolute Gasteiger partial charge is 0.350 e. The molecule has 0 saturated carbocycles. The number of benzene rings is 1. The zero-order valence-electron chi connectivity index (χ0n) is 14.5. The van der Waals surface area contributed by atoms with Crippen LogP contribution in [0.3, 0.4) is 0 Å². The SMILES string of the molecule is CC(=O)NC1CN(C(=O)[C@H]2CCCN(S(=O)(=O)c3ccc(F)cc3)C2)C1. The number of carbonyl (C=O) groups is 2. The molecule has 2 saturated heterocycles. The number of nitrogens with one attached hydrogen (secondary N) is 1. The molecule has 0 radical (unpaired) electrons. The number of amides is 2. The maximum absolute atomic E-state index is 13.0. The van der Waals surface area contributed by atoms with E-state index in [1.54, 1.807) is 4.90 Å². The van der Waals surface area contributed by atoms with Crippen molar-refractivity contribution in [1.29, 1.82) is 0 Å². The Hall–Kier alpha value is -2.00. The van der Waals surface area contributed by atoms with E-state index in [0.29, 0.717) is 32.5 Å². The number of piperidine rings is 1. The summed E-state index contributed by atoms with van der Waals surface area (Å²) in [6.07, 6.45) is 1.23. The van der Waals surface area contributed by atoms with Gasteiger partial charge in [-0.2, -0.15) is 4.31 Å². The van der Waals surface area contributed by atoms with Gasteiger partial charge in [0.2, 0.25) is 21.8 Å². The molecular weight excluding hydrogens is 361 g/mol. The monoisotopic (exact) mass is 383 g/mol. The number of carbonyl (C=O) groups excluding carboxylic acids is 2. The van der Waals surface area contributed by atoms with Gasteiger partial charge < -0.3 is 10.2 Å². The van der Waals surface area contributed by atoms with Gasteiger partial charge in [-0.05, 0) is 37.1 Å². The summed E-state index contributed by atoms with van der Waals surface area (Å²) in [5, 5.41) is 2.76. The molecule has 0 unspecified atom stereocenters. The van der Waals surface area contributed by atoms with Crippen molar-refractivity contribution in [2.75, 3.05) is 26.2 Å². The number of hydrogen-bond acceptors (Lipinski definition) is 4. The molecule has 2 amide bonds. The highest BCUT2D eigenvalue weighted by molar-refractivity contribution is 7.89. The molecule has 142 valence electrons. The predicted octanol–water partition coefficient (Wildman–Crippen LogP) is 0.573. The lowest BCUT2D eigenvalue weighted by Gasteiger charge is -2.42. The number of nitrogens with zero attached hydrogens (tertiary/aromatic N) is 2. The minimum Gasteiger partial charge on any atom is -0.350 e. The second-order valence-electron chi connectivity index (χ2n) is 6.80. The number of sulfonamides is 1. The number of halogens is 1. The molecule has 26 heavy (non-hydrogen) atoms. The molecule has 1 aromatic carbocycles. The number of rotatable bonds is 4. The lowest BCUT2D eigenvalue weighted by atomic mass is 9.95. The molecule has 2 aliphatic rings. The average molecular weight is 383 g/mol. The first-order valence-corrected chi connectivity index (χ1v) is 10.0. The molecule has 3 rings (SSSR count). The lowest BCUT2D eigenvalue weighted by molar-refractivity contribution is -0.143. The molecule has 7 nitrogen and oxygen atoms in total. The smallest absolute Gasteiger partial charge is 0.243 e. The van der Waals surface area contributed by atoms with Crippen LogP contribution in [0, 0.1) is 11.7 Å². The Morgan fingerprint density at radius 1 is 1.15 bits per heavy atom. The number of likely N-dealkylation sites (tertiary alicyclic amines) is 1. The predicted molar refractivity (Wildman–Crippen MR) is 92.1 cm³/mol. The Kier molecular flexibility index (Phi) is 5.29. The van der Waals surface area contributed by atoms with Crippen LogP contribution in [-0.2, 0) is 19.6 Å². The summed E-state index contributed by atoms with van der Waals surface area (Å²) < 4.78 is 39.8. The van der Waals surface area contributed by atoms with Gasteiger partial charge in [0, 0.05) is 33.1 Å². The molecule has 0 spiro atoms. The summed E-state index contributed by atoms with van der Waals surface area (Å²) in [5.74, 6) is -1.10. The topological polar surface area (TPSA) is 86.8 Å². The van der Waals surface area contributed by atoms with Crippen molar-refractivity contribution < 1.29 is 22.4 Å². The van der Waals surface area contributed by atoms with E-state index in [-0.39, 0.29) is 29.3 Å². The van der Waals surface area contributed by atoms with Crippen molar-refractivity contribution in [3.05, 3.63) is 30.1 Å². The van der Waals surface area contributed by atoms with E-state index < -0.39 is 21.8 Å². The zero-order chi connectivity index (χ0) is 18.9. The van der Waals surface area contributed by atoms with Crippen LogP contribution in [0.2, 0.25) is 0 Å². The number of hydrogen-bond donors (Lipinski definition) is 1. The van der Waals surface area contributed by atoms with Crippen LogP contribution in [-0.4, -0.2) is 61.7 Å². The molecule has 2 fully saturated rings. The average Bonchev–Trinajstić information content (AvgIpc) is 2.57. The van der Waals surface area contributed by atoms with Gasteiger partial charge in [-0.25, -0.2) is 12.8 Å². The Bertz CT molecular complexity index is 791. The van der Waals surface area contributed by atoms with E-state index in [1.807, 2.05) is 0 Å². The van der Waals surface area contributed by atoms with Crippen molar-refractivity contribution in [3.63, 3.8) is 0 Å². The van der Waals surface area contributed by atoms with Gasteiger partial charge in [0.15, 0.2) is 0 Å². The Morgan fingerprint density at radius 3 is 2.42 bits per heavy atom. The zero-order valence-corrected chi connectivity index (χ0v) is 15.3. The van der Waals surface area contributed by atoms with E-state index in [9.17, 15) is 22.4 Å². The van der Waals surface area contributed by atoms with Gasteiger partial charge in [-0.1, -0.05) is 0 Å². The van der Waals surface area contributed by atoms with Crippen LogP contribution in [0.1, 0.15) is 19.8 Å². The first-order valence-electron chi connectivity index (χ1n) is 8.59. The molecule has 1 atom stereocenters. The molecular formula is C17H22FN3O4S. The standard InChI is InChI=1S/C17H22FN3O4S/c1-12(22)19-15-10-20(11-15)17(23)13-3-2-8-21(9-13)26(24,25)16-6-4-14(18)5-7-16/h4-7,13,15H,2-3,8-11H2,1H3,(H,19,22)/t13-/m0/s1. The van der Waals surface area contributed by atoms with E-state index >= 15 is 0 Å². The molecule has 0 bridgehead atoms. The summed E-state index contributed by atoms with van der Waals surface area (Å²) in [5.41, 5.74) is 0. The van der Waals surface area contributed by atoms with Gasteiger partial charge in [0.1, 0.15) is 5.82 Å². The van der Waals surface area contributed by atoms with Crippen molar-refractivity contribution in [2.24, 2.45) is 5.92 Å². The summed E-state index contributed by atoms with van der Waals surface area (Å²) >= 11 is 0. The fourth-order valence-corrected chi connectivity index (χ4v) is 4.94. The third-order valence-corrected chi connectivity index (χ3v) is 6.66. The van der Waals surface area contributed by atoms with Crippen molar-refractivity contribution in [2.45, 2.75) is 30.7 Å². The van der Waals surface area contributed by atoms with E-state index in [2.05, 4.69) is 5.32 Å². The summed E-state index contributed by atoms with van der Waals surface area (Å²) in [4.78, 5) is 25.3. The maximum atomic E-state index is 13.0. The summed E-state index contributed by atoms with van der Waals surface area (Å²) in [6.45, 7) is 2.82. The lowest BCUT2D eigenvalue weighted by Crippen LogP contribution is -2.62. The van der Waals surface area contributed by atoms with Gasteiger partial charge >= 0.3 is 0 Å². The third-order valence-electron chi connectivity index (χ3n) is 4.79. The Balaban J connectivity index is 1.63. The highest BCUT2D eigenvalue weighted by atomic mass is 32.2. The van der Waals surface area contributed by atoms with Crippen LogP contribution in [0.4, 0.5) is 4.39 Å². The third kappa shape index (κ3) is 3.88. The van der Waals surface area contributed by atoms with Crippen LogP contribution in [0.15, 0.2) is 29.2 Å². The van der Waals surface area contributed by atoms with Crippen LogP contribution >= 0.6 is 0 Å². The normalized spacial score (nSPS) is 21.9. The van der Waals surface area contributed by atoms with E-state index in [4.69, 9.17) is 0 Å². The summed E-state index contributed by atoms with van der Waals surface area (Å²) in [6, 6.07) is 4.68. The van der Waals surface area contributed by atoms with Crippen LogP contribution in [0.5, 0.6) is 0 Å². The Morgan fingerprint density at radius 2 is 1.81 bits per heavy atom. The molecule has 0 aliphatic carbocycles. The fourth-order valence-electron chi connectivity index (χ4n) is 3.41. The van der Waals surface area contributed by atoms with Crippen LogP contribution < -0.4 is 5.32 Å². The van der Waals surface area contributed by atoms with Crippen molar-refractivity contribution >= 4 is 21.8 Å². The molecule has 2 aliphatic heterocycles. The van der Waals surface area contributed by atoms with E-state index in [0.717, 1.165) is 12.1 Å². The molecule has 1 N–H and O–H groups in total. The van der Waals surface area contributed by atoms with E-state index in [1.165, 1.54) is 23.4 Å². The highest BCUT2D eigenvalue weighted by Crippen LogP contribution is 2.26. The maximum Gasteiger partial charge on any atom is 0.243 e. The quantitative estimate of drug-likeness (QED) is 0.824. The fraction of sp³-hybridized carbons (Fsp3) is 0.529. The van der Waals surface area contributed by atoms with Gasteiger partial charge in [-0.3, -0.25) is 9.59 Å². The Labute approximate surface area is 152 Å².